The van der Waals surface area contributed by atoms with Gasteiger partial charge in [0.15, 0.2) is 5.78 Å². The fourth-order valence-electron chi connectivity index (χ4n) is 1.88. The quantitative estimate of drug-likeness (QED) is 0.541. The highest BCUT2D eigenvalue weighted by atomic mass is 35.5. The molecule has 0 spiro atoms. The molecular weight excluding hydrogens is 304 g/mol. The number of rotatable bonds is 9. The van der Waals surface area contributed by atoms with Gasteiger partial charge in [0.05, 0.1) is 5.02 Å². The maximum Gasteiger partial charge on any atom is 0.220 e. The first-order valence-corrected chi connectivity index (χ1v) is 7.67. The second-order valence-corrected chi connectivity index (χ2v) is 5.35. The topological polar surface area (TPSA) is 75.3 Å². The Hall–Kier alpha value is -1.88. The van der Waals surface area contributed by atoms with Gasteiger partial charge in [-0.25, -0.2) is 0 Å². The van der Waals surface area contributed by atoms with Crippen LogP contribution in [0.2, 0.25) is 5.02 Å². The number of carbonyl (C=O) groups excluding carboxylic acids is 3. The third kappa shape index (κ3) is 7.22. The van der Waals surface area contributed by atoms with E-state index in [1.165, 1.54) is 6.92 Å². The lowest BCUT2D eigenvalue weighted by Crippen LogP contribution is -2.26. The van der Waals surface area contributed by atoms with Gasteiger partial charge in [-0.2, -0.15) is 0 Å². The van der Waals surface area contributed by atoms with Crippen LogP contribution in [0.25, 0.3) is 0 Å². The highest BCUT2D eigenvalue weighted by molar-refractivity contribution is 6.34. The van der Waals surface area contributed by atoms with Crippen LogP contribution in [0.3, 0.4) is 0 Å². The maximum absolute atomic E-state index is 11.9. The van der Waals surface area contributed by atoms with Crippen molar-refractivity contribution in [3.8, 4) is 0 Å². The van der Waals surface area contributed by atoms with E-state index in [0.717, 1.165) is 12.8 Å². The van der Waals surface area contributed by atoms with E-state index in [1.807, 2.05) is 0 Å². The van der Waals surface area contributed by atoms with Gasteiger partial charge in [0.1, 0.15) is 0 Å². The Balaban J connectivity index is 2.17. The molecule has 0 saturated carbocycles. The molecule has 22 heavy (non-hydrogen) atoms. The lowest BCUT2D eigenvalue weighted by atomic mass is 10.1. The summed E-state index contributed by atoms with van der Waals surface area (Å²) >= 11 is 5.94. The first-order chi connectivity index (χ1) is 10.5. The summed E-state index contributed by atoms with van der Waals surface area (Å²) in [5, 5.41) is 5.85. The van der Waals surface area contributed by atoms with Crippen LogP contribution in [0.1, 0.15) is 43.0 Å². The molecule has 0 unspecified atom stereocenters. The van der Waals surface area contributed by atoms with Gasteiger partial charge >= 0.3 is 0 Å². The van der Waals surface area contributed by atoms with Crippen molar-refractivity contribution >= 4 is 29.2 Å². The summed E-state index contributed by atoms with van der Waals surface area (Å²) in [4.78, 5) is 34.2. The molecule has 2 N–H and O–H groups in total. The van der Waals surface area contributed by atoms with Crippen molar-refractivity contribution in [3.63, 3.8) is 0 Å². The van der Waals surface area contributed by atoms with Gasteiger partial charge in [0, 0.05) is 38.4 Å². The van der Waals surface area contributed by atoms with Gasteiger partial charge < -0.3 is 10.6 Å². The largest absolute Gasteiger partial charge is 0.356 e. The van der Waals surface area contributed by atoms with Crippen molar-refractivity contribution in [2.45, 2.75) is 32.6 Å². The second-order valence-electron chi connectivity index (χ2n) is 4.94. The lowest BCUT2D eigenvalue weighted by molar-refractivity contribution is -0.121. The van der Waals surface area contributed by atoms with E-state index < -0.39 is 0 Å². The van der Waals surface area contributed by atoms with Crippen LogP contribution >= 0.6 is 11.6 Å². The van der Waals surface area contributed by atoms with E-state index in [0.29, 0.717) is 23.7 Å². The molecule has 0 aliphatic carbocycles. The third-order valence-corrected chi connectivity index (χ3v) is 3.38. The first kappa shape index (κ1) is 18.2. The lowest BCUT2D eigenvalue weighted by Gasteiger charge is -2.06. The van der Waals surface area contributed by atoms with Gasteiger partial charge in [0.25, 0.3) is 0 Å². The summed E-state index contributed by atoms with van der Waals surface area (Å²) in [5.41, 5.74) is 0.451. The number of hydrogen-bond donors (Lipinski definition) is 2. The molecule has 5 nitrogen and oxygen atoms in total. The molecule has 0 radical (unpaired) electrons. The summed E-state index contributed by atoms with van der Waals surface area (Å²) in [6, 6.07) is 6.82. The van der Waals surface area contributed by atoms with E-state index in [1.54, 1.807) is 24.3 Å². The molecule has 0 heterocycles. The standard InChI is InChI=1S/C16H21ClN2O3/c1-12(20)18-10-4-5-11-19-16(22)9-8-15(21)13-6-2-3-7-14(13)17/h2-3,6-7H,4-5,8-11H2,1H3,(H,18,20)(H,19,22). The summed E-state index contributed by atoms with van der Waals surface area (Å²) in [5.74, 6) is -0.339. The van der Waals surface area contributed by atoms with Crippen molar-refractivity contribution < 1.29 is 14.4 Å². The van der Waals surface area contributed by atoms with Crippen molar-refractivity contribution in [2.75, 3.05) is 13.1 Å². The fourth-order valence-corrected chi connectivity index (χ4v) is 2.12. The first-order valence-electron chi connectivity index (χ1n) is 7.29. The van der Waals surface area contributed by atoms with Crippen LogP contribution in [-0.2, 0) is 9.59 Å². The molecule has 0 fully saturated rings. The van der Waals surface area contributed by atoms with Crippen LogP contribution in [0.15, 0.2) is 24.3 Å². The SMILES string of the molecule is CC(=O)NCCCCNC(=O)CCC(=O)c1ccccc1Cl. The summed E-state index contributed by atoms with van der Waals surface area (Å²) in [6.45, 7) is 2.62. The Kier molecular flexibility index (Phi) is 8.22. The predicted molar refractivity (Wildman–Crippen MR) is 85.9 cm³/mol. The molecular formula is C16H21ClN2O3. The highest BCUT2D eigenvalue weighted by Gasteiger charge is 2.11. The molecule has 0 atom stereocenters. The Bertz CT molecular complexity index is 532. The molecule has 0 saturated heterocycles. The molecule has 2 amide bonds. The van der Waals surface area contributed by atoms with Crippen molar-refractivity contribution in [1.29, 1.82) is 0 Å². The van der Waals surface area contributed by atoms with Crippen molar-refractivity contribution in [3.05, 3.63) is 34.9 Å². The molecule has 0 aliphatic rings. The van der Waals surface area contributed by atoms with Crippen LogP contribution in [0.5, 0.6) is 0 Å². The number of unbranched alkanes of at least 4 members (excludes halogenated alkanes) is 1. The van der Waals surface area contributed by atoms with Gasteiger partial charge in [-0.3, -0.25) is 14.4 Å². The van der Waals surface area contributed by atoms with Crippen molar-refractivity contribution in [1.82, 2.24) is 10.6 Å². The smallest absolute Gasteiger partial charge is 0.220 e. The van der Waals surface area contributed by atoms with E-state index in [4.69, 9.17) is 11.6 Å². The zero-order chi connectivity index (χ0) is 16.4. The van der Waals surface area contributed by atoms with Gasteiger partial charge in [0.2, 0.25) is 11.8 Å². The zero-order valence-corrected chi connectivity index (χ0v) is 13.4. The average molecular weight is 325 g/mol. The molecule has 0 aliphatic heterocycles. The Morgan fingerprint density at radius 1 is 1.00 bits per heavy atom. The highest BCUT2D eigenvalue weighted by Crippen LogP contribution is 2.17. The number of nitrogens with one attached hydrogen (secondary N) is 2. The third-order valence-electron chi connectivity index (χ3n) is 3.05. The Morgan fingerprint density at radius 2 is 1.64 bits per heavy atom. The Labute approximate surface area is 135 Å². The monoisotopic (exact) mass is 324 g/mol. The predicted octanol–water partition coefficient (Wildman–Crippen LogP) is 2.34. The van der Waals surface area contributed by atoms with E-state index in [2.05, 4.69) is 10.6 Å². The molecule has 1 aromatic carbocycles. The molecule has 6 heteroatoms. The number of carbonyl (C=O) groups is 3. The molecule has 120 valence electrons. The van der Waals surface area contributed by atoms with Crippen LogP contribution < -0.4 is 10.6 Å². The molecule has 0 aromatic heterocycles. The number of ketones is 1. The van der Waals surface area contributed by atoms with Crippen LogP contribution in [0, 0.1) is 0 Å². The average Bonchev–Trinajstić information content (AvgIpc) is 2.48. The minimum Gasteiger partial charge on any atom is -0.356 e. The summed E-state index contributed by atoms with van der Waals surface area (Å²) in [6.07, 6.45) is 1.88. The molecule has 1 rings (SSSR count). The molecule has 0 bridgehead atoms. The second kappa shape index (κ2) is 9.95. The van der Waals surface area contributed by atoms with Crippen LogP contribution in [0.4, 0.5) is 0 Å². The van der Waals surface area contributed by atoms with E-state index in [-0.39, 0.29) is 30.4 Å². The number of Topliss-reactive ketones (excluding diaryl/α,β-unsaturated/α-hetero) is 1. The fraction of sp³-hybridized carbons (Fsp3) is 0.438. The van der Waals surface area contributed by atoms with E-state index >= 15 is 0 Å². The minimum absolute atomic E-state index is 0.0536. The van der Waals surface area contributed by atoms with Gasteiger partial charge in [-0.15, -0.1) is 0 Å². The Morgan fingerprint density at radius 3 is 2.27 bits per heavy atom. The van der Waals surface area contributed by atoms with Crippen molar-refractivity contribution in [2.24, 2.45) is 0 Å². The van der Waals surface area contributed by atoms with E-state index in [9.17, 15) is 14.4 Å². The number of halogens is 1. The normalized spacial score (nSPS) is 10.1. The summed E-state index contributed by atoms with van der Waals surface area (Å²) < 4.78 is 0. The van der Waals surface area contributed by atoms with Gasteiger partial charge in [-0.1, -0.05) is 23.7 Å². The number of amides is 2. The maximum atomic E-state index is 11.9. The number of benzene rings is 1. The minimum atomic E-state index is -0.153. The van der Waals surface area contributed by atoms with Gasteiger partial charge in [-0.05, 0) is 25.0 Å². The summed E-state index contributed by atoms with van der Waals surface area (Å²) in [7, 11) is 0. The number of hydrogen-bond acceptors (Lipinski definition) is 3. The molecule has 1 aromatic rings. The van der Waals surface area contributed by atoms with Crippen LogP contribution in [-0.4, -0.2) is 30.7 Å². The zero-order valence-electron chi connectivity index (χ0n) is 12.7.